The van der Waals surface area contributed by atoms with Crippen LogP contribution in [0, 0.1) is 0 Å². The first-order valence-electron chi connectivity index (χ1n) is 32.2. The van der Waals surface area contributed by atoms with Crippen molar-refractivity contribution < 1.29 is 19.7 Å². The third-order valence-corrected chi connectivity index (χ3v) is 23.6. The van der Waals surface area contributed by atoms with E-state index >= 15 is 0 Å². The van der Waals surface area contributed by atoms with Gasteiger partial charge in [-0.2, -0.15) is 0 Å². The number of methoxy groups -OCH3 is 2. The fourth-order valence-corrected chi connectivity index (χ4v) is 19.0. The van der Waals surface area contributed by atoms with Crippen molar-refractivity contribution in [2.45, 2.75) is 18.6 Å². The summed E-state index contributed by atoms with van der Waals surface area (Å²) in [7, 11) is 3.44. The Kier molecular flexibility index (Phi) is 14.4. The number of aliphatic hydroxyl groups is 2. The van der Waals surface area contributed by atoms with Crippen molar-refractivity contribution in [1.82, 2.24) is 0 Å². The lowest BCUT2D eigenvalue weighted by atomic mass is 9.70. The molecule has 2 aliphatic carbocycles. The number of hydrogen-bond acceptors (Lipinski definition) is 12. The van der Waals surface area contributed by atoms with E-state index in [1.54, 1.807) is 59.6 Å². The van der Waals surface area contributed by atoms with E-state index in [1.807, 2.05) is 24.3 Å². The molecule has 8 nitrogen and oxygen atoms in total. The molecule has 0 radical (unpaired) electrons. The largest absolute Gasteiger partial charge is 0.497 e. The number of ether oxygens (including phenoxy) is 2. The number of fused-ring (bicyclic) bond motifs is 14. The maximum Gasteiger partial charge on any atom is 0.119 e. The summed E-state index contributed by atoms with van der Waals surface area (Å²) in [6.07, 6.45) is 0. The van der Waals surface area contributed by atoms with E-state index in [9.17, 15) is 10.2 Å². The van der Waals surface area contributed by atoms with Crippen molar-refractivity contribution >= 4 is 151 Å². The van der Waals surface area contributed by atoms with E-state index < -0.39 is 5.41 Å². The second kappa shape index (κ2) is 23.8. The highest BCUT2D eigenvalue weighted by atomic mass is 32.1. The molecule has 468 valence electrons. The van der Waals surface area contributed by atoms with Gasteiger partial charge < -0.3 is 39.3 Å². The number of hydrogen-bond donors (Lipinski definition) is 2. The molecule has 0 bridgehead atoms. The van der Waals surface area contributed by atoms with Crippen LogP contribution in [0.1, 0.15) is 33.4 Å². The highest BCUT2D eigenvalue weighted by molar-refractivity contribution is 7.24. The first-order chi connectivity index (χ1) is 47.8. The van der Waals surface area contributed by atoms with Crippen LogP contribution in [0.4, 0.5) is 65.5 Å². The summed E-state index contributed by atoms with van der Waals surface area (Å²) in [6, 6.07) is 106. The average molecular weight is 1330 g/mol. The van der Waals surface area contributed by atoms with Crippen molar-refractivity contribution in [3.05, 3.63) is 325 Å². The lowest BCUT2D eigenvalue weighted by Gasteiger charge is -2.34. The minimum absolute atomic E-state index is 0.0561. The highest BCUT2D eigenvalue weighted by Crippen LogP contribution is 2.66. The molecule has 4 aromatic heterocycles. The van der Waals surface area contributed by atoms with Gasteiger partial charge in [-0.3, -0.25) is 0 Å². The van der Waals surface area contributed by atoms with E-state index in [1.165, 1.54) is 40.3 Å². The smallest absolute Gasteiger partial charge is 0.119 e. The molecule has 16 aromatic rings. The molecule has 0 fully saturated rings. The van der Waals surface area contributed by atoms with Crippen LogP contribution in [-0.2, 0) is 18.6 Å². The maximum absolute atomic E-state index is 10.4. The molecule has 12 heteroatoms. The summed E-state index contributed by atoms with van der Waals surface area (Å²) in [5.41, 5.74) is 17.9. The van der Waals surface area contributed by atoms with Crippen LogP contribution in [0.3, 0.4) is 0 Å². The van der Waals surface area contributed by atoms with Crippen LogP contribution < -0.4 is 29.1 Å². The zero-order valence-corrected chi connectivity index (χ0v) is 56.0. The molecule has 12 aromatic carbocycles. The predicted octanol–water partition coefficient (Wildman–Crippen LogP) is 23.8. The number of nitrogens with zero attached hydrogens (tertiary/aromatic N) is 4. The van der Waals surface area contributed by atoms with Gasteiger partial charge in [-0.25, -0.2) is 0 Å². The van der Waals surface area contributed by atoms with Gasteiger partial charge >= 0.3 is 0 Å². The molecule has 4 heterocycles. The van der Waals surface area contributed by atoms with Gasteiger partial charge in [-0.05, 0) is 247 Å². The number of benzene rings is 12. The van der Waals surface area contributed by atoms with Crippen molar-refractivity contribution in [2.75, 3.05) is 33.8 Å². The molecule has 18 rings (SSSR count). The normalized spacial score (nSPS) is 12.5. The van der Waals surface area contributed by atoms with Crippen molar-refractivity contribution in [1.29, 1.82) is 0 Å². The zero-order valence-electron chi connectivity index (χ0n) is 52.8. The van der Waals surface area contributed by atoms with Crippen molar-refractivity contribution in [2.24, 2.45) is 0 Å². The molecule has 97 heavy (non-hydrogen) atoms. The Labute approximate surface area is 577 Å². The topological polar surface area (TPSA) is 71.9 Å². The van der Waals surface area contributed by atoms with E-state index in [0.717, 1.165) is 133 Å². The first-order valence-corrected chi connectivity index (χ1v) is 35.5. The molecule has 1 spiro atoms. The SMILES string of the molecule is COc1ccc(N(c2ccc3c(c2)C2(c4cc(N(c5ccc(CO)cc5)c5cc6ccccc6s5)ccc4-3)c3cc(N(c4ccc(CO)cc4)c4cc5ccccc5s4)ccc3-c3ccc(N(c4ccc(OC)cc4)c4cc5ccccc5s4)cc32)c2cc3ccccc3s2)cc1. The van der Waals surface area contributed by atoms with E-state index in [4.69, 9.17) is 9.47 Å². The second-order valence-electron chi connectivity index (χ2n) is 24.5. The minimum Gasteiger partial charge on any atom is -0.497 e. The molecular formula is C85H60N4O4S4. The van der Waals surface area contributed by atoms with E-state index in [-0.39, 0.29) is 13.2 Å². The predicted molar refractivity (Wildman–Crippen MR) is 408 cm³/mol. The Hall–Kier alpha value is -10.8. The summed E-state index contributed by atoms with van der Waals surface area (Å²) < 4.78 is 16.4. The Bertz CT molecular complexity index is 4860. The van der Waals surface area contributed by atoms with Crippen LogP contribution >= 0.6 is 45.3 Å². The van der Waals surface area contributed by atoms with Crippen LogP contribution in [0.25, 0.3) is 62.6 Å². The molecule has 2 aliphatic rings. The highest BCUT2D eigenvalue weighted by Gasteiger charge is 2.53. The average Bonchev–Trinajstić information content (AvgIpc) is 1.50. The fraction of sp³-hybridized carbons (Fsp3) is 0.0588. The van der Waals surface area contributed by atoms with Crippen LogP contribution in [0.15, 0.2) is 291 Å². The molecule has 0 saturated heterocycles. The third-order valence-electron chi connectivity index (χ3n) is 19.2. The Balaban J connectivity index is 0.951. The van der Waals surface area contributed by atoms with Gasteiger partial charge in [-0.1, -0.05) is 121 Å². The van der Waals surface area contributed by atoms with E-state index in [2.05, 4.69) is 287 Å². The van der Waals surface area contributed by atoms with Gasteiger partial charge in [0.25, 0.3) is 0 Å². The molecular weight excluding hydrogens is 1270 g/mol. The van der Waals surface area contributed by atoms with Crippen LogP contribution in [-0.4, -0.2) is 24.4 Å². The quantitative estimate of drug-likeness (QED) is 0.0992. The molecule has 0 amide bonds. The third kappa shape index (κ3) is 9.81. The zero-order chi connectivity index (χ0) is 64.9. The summed E-state index contributed by atoms with van der Waals surface area (Å²) in [4.78, 5) is 9.64. The van der Waals surface area contributed by atoms with E-state index in [0.29, 0.717) is 0 Å². The second-order valence-corrected chi connectivity index (χ2v) is 28.8. The van der Waals surface area contributed by atoms with Gasteiger partial charge in [0.05, 0.1) is 32.8 Å². The summed E-state index contributed by atoms with van der Waals surface area (Å²) in [6.45, 7) is -0.112. The number of rotatable bonds is 16. The van der Waals surface area contributed by atoms with Gasteiger partial charge in [0.15, 0.2) is 0 Å². The molecule has 0 unspecified atom stereocenters. The lowest BCUT2D eigenvalue weighted by molar-refractivity contribution is 0.281. The van der Waals surface area contributed by atoms with Crippen molar-refractivity contribution in [3.63, 3.8) is 0 Å². The Morgan fingerprint density at radius 2 is 0.515 bits per heavy atom. The molecule has 0 aliphatic heterocycles. The first kappa shape index (κ1) is 58.8. The number of anilines is 12. The number of aliphatic hydroxyl groups excluding tert-OH is 2. The van der Waals surface area contributed by atoms with Crippen molar-refractivity contribution in [3.8, 4) is 33.8 Å². The summed E-state index contributed by atoms with van der Waals surface area (Å²) in [5.74, 6) is 1.57. The summed E-state index contributed by atoms with van der Waals surface area (Å²) in [5, 5.41) is 29.9. The molecule has 0 saturated carbocycles. The lowest BCUT2D eigenvalue weighted by Crippen LogP contribution is -2.27. The monoisotopic (exact) mass is 1330 g/mol. The molecule has 2 N–H and O–H groups in total. The summed E-state index contributed by atoms with van der Waals surface area (Å²) >= 11 is 7.12. The maximum atomic E-state index is 10.4. The van der Waals surface area contributed by atoms with Gasteiger partial charge in [0.2, 0.25) is 0 Å². The van der Waals surface area contributed by atoms with Crippen LogP contribution in [0.2, 0.25) is 0 Å². The minimum atomic E-state index is -0.982. The molecule has 0 atom stereocenters. The number of thiophene rings is 4. The fourth-order valence-electron chi connectivity index (χ4n) is 14.6. The van der Waals surface area contributed by atoms with Gasteiger partial charge in [0.1, 0.15) is 31.5 Å². The Morgan fingerprint density at radius 1 is 0.278 bits per heavy atom. The van der Waals surface area contributed by atoms with Crippen LogP contribution in [0.5, 0.6) is 11.5 Å². The Morgan fingerprint density at radius 3 is 0.753 bits per heavy atom. The standard InChI is InChI=1S/C85H60N4O4S4/c1-92-67-35-27-61(28-36-67)88(83-45-57-13-5-9-17-79(57)96-83)65-33-41-71-69-39-31-63(86(59-23-19-53(51-90)20-24-59)81-43-55-11-3-7-15-77(55)94-81)47-73(69)85(75(71)49-65)74-48-64(87(60-25-21-54(52-91)22-26-60)82-44-56-12-4-8-16-78(56)95-82)32-40-70(74)72-42-34-66(50-76(72)85)89(62-29-37-68(93-2)38-30-62)84-46-58-14-6-10-18-80(58)97-84/h3-50,90-91H,51-52H2,1-2H3. The van der Waals surface area contributed by atoms with Gasteiger partial charge in [0, 0.05) is 64.3 Å². The van der Waals surface area contributed by atoms with Gasteiger partial charge in [-0.15, -0.1) is 45.3 Å².